The van der Waals surface area contributed by atoms with Crippen LogP contribution >= 0.6 is 0 Å². The highest BCUT2D eigenvalue weighted by Crippen LogP contribution is 2.36. The van der Waals surface area contributed by atoms with Gasteiger partial charge in [0.1, 0.15) is 22.8 Å². The molecule has 0 aliphatic heterocycles. The van der Waals surface area contributed by atoms with Crippen molar-refractivity contribution in [3.05, 3.63) is 77.6 Å². The van der Waals surface area contributed by atoms with Crippen molar-refractivity contribution in [3.8, 4) is 22.5 Å². The number of benzene rings is 3. The fraction of sp³-hybridized carbons (Fsp3) is 0.0435. The Kier molecular flexibility index (Phi) is 4.81. The lowest BCUT2D eigenvalue weighted by Crippen LogP contribution is -2.40. The molecule has 0 unspecified atom stereocenters. The number of carbonyl (C=O) groups excluding carboxylic acids is 1. The van der Waals surface area contributed by atoms with E-state index in [1.54, 1.807) is 42.5 Å². The number of fused-ring (bicyclic) bond motifs is 1. The molecule has 7 heteroatoms. The minimum absolute atomic E-state index is 0.128. The highest BCUT2D eigenvalue weighted by atomic mass is 19.1. The van der Waals surface area contributed by atoms with Crippen LogP contribution in [0.3, 0.4) is 0 Å². The fourth-order valence-corrected chi connectivity index (χ4v) is 3.41. The van der Waals surface area contributed by atoms with E-state index in [9.17, 15) is 19.1 Å². The van der Waals surface area contributed by atoms with E-state index in [1.807, 2.05) is 0 Å². The smallest absolute Gasteiger partial charge is 0.335 e. The van der Waals surface area contributed by atoms with Crippen molar-refractivity contribution in [2.75, 3.05) is 7.05 Å². The summed E-state index contributed by atoms with van der Waals surface area (Å²) < 4.78 is 19.3. The van der Waals surface area contributed by atoms with Crippen LogP contribution < -0.4 is 11.1 Å². The van der Waals surface area contributed by atoms with Crippen LogP contribution in [0.15, 0.2) is 65.1 Å². The third-order valence-electron chi connectivity index (χ3n) is 4.82. The van der Waals surface area contributed by atoms with E-state index in [0.717, 1.165) is 0 Å². The van der Waals surface area contributed by atoms with Gasteiger partial charge in [0.15, 0.2) is 0 Å². The van der Waals surface area contributed by atoms with Gasteiger partial charge in [0.2, 0.25) is 0 Å². The Morgan fingerprint density at radius 3 is 2.33 bits per heavy atom. The van der Waals surface area contributed by atoms with Crippen molar-refractivity contribution in [1.29, 1.82) is 0 Å². The number of halogens is 1. The Morgan fingerprint density at radius 2 is 1.67 bits per heavy atom. The van der Waals surface area contributed by atoms with Crippen molar-refractivity contribution < 1.29 is 29.2 Å². The average molecular weight is 405 g/mol. The molecule has 3 aromatic carbocycles. The highest BCUT2D eigenvalue weighted by molar-refractivity contribution is 6.11. The molecule has 0 saturated heterocycles. The van der Waals surface area contributed by atoms with Gasteiger partial charge in [-0.05, 0) is 53.6 Å². The highest BCUT2D eigenvalue weighted by Gasteiger charge is 2.22. The van der Waals surface area contributed by atoms with Gasteiger partial charge in [0, 0.05) is 30.1 Å². The number of carboxylic acids is 1. The summed E-state index contributed by atoms with van der Waals surface area (Å²) in [7, 11) is 1.52. The molecule has 0 bridgehead atoms. The van der Waals surface area contributed by atoms with Crippen molar-refractivity contribution in [2.24, 2.45) is 0 Å². The molecule has 0 aliphatic carbocycles. The van der Waals surface area contributed by atoms with Crippen LogP contribution in [0.25, 0.3) is 33.4 Å². The second-order valence-corrected chi connectivity index (χ2v) is 6.83. The Labute approximate surface area is 170 Å². The summed E-state index contributed by atoms with van der Waals surface area (Å²) >= 11 is 0. The van der Waals surface area contributed by atoms with E-state index < -0.39 is 5.97 Å². The number of hydrogen-bond donors (Lipinski definition) is 3. The number of aromatic carboxylic acids is 1. The maximum absolute atomic E-state index is 13.3. The maximum atomic E-state index is 13.3. The predicted molar refractivity (Wildman–Crippen MR) is 110 cm³/mol. The second-order valence-electron chi connectivity index (χ2n) is 6.83. The molecule has 4 rings (SSSR count). The van der Waals surface area contributed by atoms with Gasteiger partial charge in [-0.25, -0.2) is 9.18 Å². The lowest BCUT2D eigenvalue weighted by Gasteiger charge is -2.05. The van der Waals surface area contributed by atoms with Crippen LogP contribution in [-0.2, 0) is 0 Å². The molecule has 0 saturated carbocycles. The quantitative estimate of drug-likeness (QED) is 0.479. The SMILES string of the molecule is CNC(=O)c1c(-c2ccc(F)cc2)oc2ccc(-c3cc([NH3+])cc(C(=O)O)c3)cc12. The van der Waals surface area contributed by atoms with Gasteiger partial charge in [0.25, 0.3) is 5.91 Å². The standard InChI is InChI=1S/C23H17FN2O4/c1-26-22(27)20-18-11-13(14-8-15(23(28)29)10-17(25)9-14)4-7-19(18)30-21(20)12-2-5-16(24)6-3-12/h2-11H,25H2,1H3,(H,26,27)(H,28,29)/p+1. The van der Waals surface area contributed by atoms with Crippen molar-refractivity contribution in [3.63, 3.8) is 0 Å². The molecule has 4 aromatic rings. The third kappa shape index (κ3) is 3.42. The zero-order valence-electron chi connectivity index (χ0n) is 16.0. The molecule has 1 amide bonds. The van der Waals surface area contributed by atoms with E-state index in [-0.39, 0.29) is 17.3 Å². The molecule has 0 fully saturated rings. The first-order chi connectivity index (χ1) is 14.4. The molecule has 1 aromatic heterocycles. The first-order valence-electron chi connectivity index (χ1n) is 9.12. The average Bonchev–Trinajstić information content (AvgIpc) is 3.11. The van der Waals surface area contributed by atoms with Gasteiger partial charge in [-0.15, -0.1) is 0 Å². The number of carboxylic acid groups (broad SMARTS) is 1. The Balaban J connectivity index is 1.94. The van der Waals surface area contributed by atoms with Crippen molar-refractivity contribution in [2.45, 2.75) is 0 Å². The van der Waals surface area contributed by atoms with Crippen LogP contribution in [0.1, 0.15) is 20.7 Å². The third-order valence-corrected chi connectivity index (χ3v) is 4.82. The lowest BCUT2D eigenvalue weighted by atomic mass is 9.98. The van der Waals surface area contributed by atoms with E-state index in [2.05, 4.69) is 11.1 Å². The van der Waals surface area contributed by atoms with Gasteiger partial charge in [-0.1, -0.05) is 6.07 Å². The number of rotatable bonds is 4. The Morgan fingerprint density at radius 1 is 0.967 bits per heavy atom. The summed E-state index contributed by atoms with van der Waals surface area (Å²) in [5, 5.41) is 12.5. The monoisotopic (exact) mass is 405 g/mol. The molecule has 0 radical (unpaired) electrons. The summed E-state index contributed by atoms with van der Waals surface area (Å²) in [4.78, 5) is 24.1. The summed E-state index contributed by atoms with van der Waals surface area (Å²) in [5.41, 5.74) is 7.30. The van der Waals surface area contributed by atoms with E-state index in [4.69, 9.17) is 4.42 Å². The largest absolute Gasteiger partial charge is 0.478 e. The molecule has 1 heterocycles. The molecule has 6 nitrogen and oxygen atoms in total. The number of amides is 1. The van der Waals surface area contributed by atoms with Crippen molar-refractivity contribution >= 4 is 28.5 Å². The van der Waals surface area contributed by atoms with Gasteiger partial charge >= 0.3 is 5.97 Å². The number of furan rings is 1. The molecular weight excluding hydrogens is 387 g/mol. The number of nitrogens with one attached hydrogen (secondary N) is 1. The molecule has 5 N–H and O–H groups in total. The zero-order chi connectivity index (χ0) is 21.4. The van der Waals surface area contributed by atoms with Crippen LogP contribution in [0.4, 0.5) is 10.1 Å². The van der Waals surface area contributed by atoms with Gasteiger partial charge < -0.3 is 20.6 Å². The lowest BCUT2D eigenvalue weighted by molar-refractivity contribution is -0.254. The first-order valence-corrected chi connectivity index (χ1v) is 9.12. The number of hydrogen-bond acceptors (Lipinski definition) is 3. The van der Waals surface area contributed by atoms with Crippen LogP contribution in [0, 0.1) is 5.82 Å². The molecule has 30 heavy (non-hydrogen) atoms. The normalized spacial score (nSPS) is 10.9. The van der Waals surface area contributed by atoms with Crippen molar-refractivity contribution in [1.82, 2.24) is 5.32 Å². The molecule has 150 valence electrons. The Bertz CT molecular complexity index is 1290. The number of quaternary nitrogens is 1. The van der Waals surface area contributed by atoms with E-state index in [1.165, 1.54) is 25.2 Å². The Hall–Kier alpha value is -3.97. The minimum atomic E-state index is -1.05. The number of carbonyl (C=O) groups is 2. The van der Waals surface area contributed by atoms with Gasteiger partial charge in [0.05, 0.1) is 11.1 Å². The minimum Gasteiger partial charge on any atom is -0.478 e. The zero-order valence-corrected chi connectivity index (χ0v) is 16.0. The first kappa shape index (κ1) is 19.4. The molecule has 0 atom stereocenters. The predicted octanol–water partition coefficient (Wildman–Crippen LogP) is 3.84. The van der Waals surface area contributed by atoms with Crippen LogP contribution in [0.2, 0.25) is 0 Å². The fourth-order valence-electron chi connectivity index (χ4n) is 3.41. The molecule has 0 aliphatic rings. The summed E-state index contributed by atoms with van der Waals surface area (Å²) in [6.07, 6.45) is 0. The van der Waals surface area contributed by atoms with Gasteiger partial charge in [-0.3, -0.25) is 4.79 Å². The molecule has 0 spiro atoms. The van der Waals surface area contributed by atoms with Gasteiger partial charge in [-0.2, -0.15) is 0 Å². The maximum Gasteiger partial charge on any atom is 0.335 e. The summed E-state index contributed by atoms with van der Waals surface area (Å²) in [6.45, 7) is 0. The topological polar surface area (TPSA) is 107 Å². The molecular formula is C23H18FN2O4+. The van der Waals surface area contributed by atoms with E-state index in [0.29, 0.717) is 44.7 Å². The van der Waals surface area contributed by atoms with Crippen LogP contribution in [0.5, 0.6) is 0 Å². The van der Waals surface area contributed by atoms with Crippen LogP contribution in [-0.4, -0.2) is 24.0 Å². The second kappa shape index (κ2) is 7.46. The summed E-state index contributed by atoms with van der Waals surface area (Å²) in [5.74, 6) is -1.45. The summed E-state index contributed by atoms with van der Waals surface area (Å²) in [6, 6.07) is 15.8. The van der Waals surface area contributed by atoms with E-state index >= 15 is 0 Å².